The van der Waals surface area contributed by atoms with E-state index in [4.69, 9.17) is 5.73 Å². The van der Waals surface area contributed by atoms with E-state index in [1.807, 2.05) is 36.5 Å². The van der Waals surface area contributed by atoms with Crippen LogP contribution < -0.4 is 11.1 Å². The number of fused-ring (bicyclic) bond motifs is 1. The van der Waals surface area contributed by atoms with Crippen LogP contribution in [0.2, 0.25) is 0 Å². The normalized spacial score (nSPS) is 11.4. The number of carbonyl (C=O) groups is 1. The number of carbonyl (C=O) groups excluding carboxylic acids is 1. The standard InChI is InChI=1S/C17H16N4O2/c1-23-17(22)21-12-4-5-16-13(8-12)14(10-20-16)15(18)7-11-3-2-6-19-9-11/h2-10,20H,18H2,1H3,(H,21,22)/b15-7-. The molecule has 23 heavy (non-hydrogen) atoms. The van der Waals surface area contributed by atoms with E-state index in [2.05, 4.69) is 20.0 Å². The lowest BCUT2D eigenvalue weighted by molar-refractivity contribution is 0.187. The molecule has 0 fully saturated rings. The smallest absolute Gasteiger partial charge is 0.411 e. The lowest BCUT2D eigenvalue weighted by Gasteiger charge is -2.05. The van der Waals surface area contributed by atoms with Crippen molar-refractivity contribution in [3.8, 4) is 0 Å². The van der Waals surface area contributed by atoms with Crippen molar-refractivity contribution in [3.05, 3.63) is 60.0 Å². The average Bonchev–Trinajstić information content (AvgIpc) is 2.99. The summed E-state index contributed by atoms with van der Waals surface area (Å²) in [6, 6.07) is 9.30. The van der Waals surface area contributed by atoms with Gasteiger partial charge in [0, 0.05) is 46.4 Å². The van der Waals surface area contributed by atoms with Crippen LogP contribution in [-0.2, 0) is 4.74 Å². The number of nitrogens with two attached hydrogens (primary N) is 1. The van der Waals surface area contributed by atoms with E-state index in [1.165, 1.54) is 7.11 Å². The second-order valence-corrected chi connectivity index (χ2v) is 4.97. The number of nitrogens with zero attached hydrogens (tertiary/aromatic N) is 1. The van der Waals surface area contributed by atoms with Crippen LogP contribution in [0.1, 0.15) is 11.1 Å². The van der Waals surface area contributed by atoms with E-state index >= 15 is 0 Å². The Hall–Kier alpha value is -3.28. The van der Waals surface area contributed by atoms with Gasteiger partial charge in [-0.15, -0.1) is 0 Å². The van der Waals surface area contributed by atoms with Crippen molar-refractivity contribution in [1.82, 2.24) is 9.97 Å². The van der Waals surface area contributed by atoms with Crippen molar-refractivity contribution in [1.29, 1.82) is 0 Å². The van der Waals surface area contributed by atoms with Crippen LogP contribution in [0.4, 0.5) is 10.5 Å². The molecule has 0 aliphatic carbocycles. The van der Waals surface area contributed by atoms with E-state index in [0.29, 0.717) is 11.4 Å². The van der Waals surface area contributed by atoms with Gasteiger partial charge < -0.3 is 15.5 Å². The molecule has 0 atom stereocenters. The van der Waals surface area contributed by atoms with Gasteiger partial charge in [-0.05, 0) is 35.9 Å². The number of pyridine rings is 1. The summed E-state index contributed by atoms with van der Waals surface area (Å²) in [5.41, 5.74) is 10.2. The summed E-state index contributed by atoms with van der Waals surface area (Å²) in [7, 11) is 1.32. The van der Waals surface area contributed by atoms with E-state index in [1.54, 1.807) is 18.5 Å². The molecular weight excluding hydrogens is 292 g/mol. The second-order valence-electron chi connectivity index (χ2n) is 4.97. The van der Waals surface area contributed by atoms with Gasteiger partial charge in [0.2, 0.25) is 0 Å². The predicted octanol–water partition coefficient (Wildman–Crippen LogP) is 3.20. The highest BCUT2D eigenvalue weighted by Crippen LogP contribution is 2.26. The van der Waals surface area contributed by atoms with Crippen LogP contribution >= 0.6 is 0 Å². The van der Waals surface area contributed by atoms with E-state index in [-0.39, 0.29) is 0 Å². The molecular formula is C17H16N4O2. The highest BCUT2D eigenvalue weighted by molar-refractivity contribution is 5.98. The van der Waals surface area contributed by atoms with Gasteiger partial charge in [-0.25, -0.2) is 4.79 Å². The third-order valence-electron chi connectivity index (χ3n) is 3.43. The molecule has 6 nitrogen and oxygen atoms in total. The van der Waals surface area contributed by atoms with Gasteiger partial charge in [0.25, 0.3) is 0 Å². The molecule has 0 unspecified atom stereocenters. The summed E-state index contributed by atoms with van der Waals surface area (Å²) in [5.74, 6) is 0. The second kappa shape index (κ2) is 6.23. The lowest BCUT2D eigenvalue weighted by atomic mass is 10.1. The van der Waals surface area contributed by atoms with E-state index in [9.17, 15) is 4.79 Å². The highest BCUT2D eigenvalue weighted by atomic mass is 16.5. The summed E-state index contributed by atoms with van der Waals surface area (Å²) in [6.07, 6.45) is 6.64. The Kier molecular flexibility index (Phi) is 3.97. The number of amides is 1. The predicted molar refractivity (Wildman–Crippen MR) is 90.6 cm³/mol. The fourth-order valence-electron chi connectivity index (χ4n) is 2.32. The zero-order valence-electron chi connectivity index (χ0n) is 12.5. The molecule has 4 N–H and O–H groups in total. The van der Waals surface area contributed by atoms with Crippen LogP contribution in [0, 0.1) is 0 Å². The number of H-pyrrole nitrogens is 1. The summed E-state index contributed by atoms with van der Waals surface area (Å²) in [6.45, 7) is 0. The molecule has 0 aliphatic rings. The monoisotopic (exact) mass is 308 g/mol. The molecule has 0 bridgehead atoms. The van der Waals surface area contributed by atoms with Crippen molar-refractivity contribution in [3.63, 3.8) is 0 Å². The third kappa shape index (κ3) is 3.16. The van der Waals surface area contributed by atoms with E-state index in [0.717, 1.165) is 22.0 Å². The quantitative estimate of drug-likeness (QED) is 0.692. The number of methoxy groups -OCH3 is 1. The van der Waals surface area contributed by atoms with Crippen molar-refractivity contribution in [2.24, 2.45) is 5.73 Å². The molecule has 2 heterocycles. The van der Waals surface area contributed by atoms with Gasteiger partial charge >= 0.3 is 6.09 Å². The first-order valence-electron chi connectivity index (χ1n) is 7.01. The minimum Gasteiger partial charge on any atom is -0.453 e. The number of ether oxygens (including phenoxy) is 1. The number of hydrogen-bond donors (Lipinski definition) is 3. The molecule has 2 aromatic heterocycles. The fraction of sp³-hybridized carbons (Fsp3) is 0.0588. The molecule has 0 aliphatic heterocycles. The van der Waals surface area contributed by atoms with Crippen LogP contribution in [0.5, 0.6) is 0 Å². The molecule has 0 spiro atoms. The first kappa shape index (κ1) is 14.6. The lowest BCUT2D eigenvalue weighted by Crippen LogP contribution is -2.10. The van der Waals surface area contributed by atoms with Gasteiger partial charge in [0.05, 0.1) is 7.11 Å². The van der Waals surface area contributed by atoms with Gasteiger partial charge in [0.1, 0.15) is 0 Å². The number of anilines is 1. The van der Waals surface area contributed by atoms with Crippen LogP contribution in [-0.4, -0.2) is 23.2 Å². The zero-order chi connectivity index (χ0) is 16.2. The Labute approximate surface area is 133 Å². The Morgan fingerprint density at radius 2 is 2.26 bits per heavy atom. The third-order valence-corrected chi connectivity index (χ3v) is 3.43. The van der Waals surface area contributed by atoms with Crippen molar-refractivity contribution in [2.75, 3.05) is 12.4 Å². The number of nitrogens with one attached hydrogen (secondary N) is 2. The first-order valence-corrected chi connectivity index (χ1v) is 7.01. The van der Waals surface area contributed by atoms with Crippen LogP contribution in [0.15, 0.2) is 48.9 Å². The maximum atomic E-state index is 11.3. The van der Waals surface area contributed by atoms with Gasteiger partial charge in [-0.3, -0.25) is 10.3 Å². The minimum absolute atomic E-state index is 0.514. The SMILES string of the molecule is COC(=O)Nc1ccc2[nH]cc(/C(N)=C/c3cccnc3)c2c1. The molecule has 116 valence electrons. The molecule has 3 rings (SSSR count). The topological polar surface area (TPSA) is 93.0 Å². The minimum atomic E-state index is -0.514. The maximum absolute atomic E-state index is 11.3. The highest BCUT2D eigenvalue weighted by Gasteiger charge is 2.08. The molecule has 1 aromatic carbocycles. The van der Waals surface area contributed by atoms with Gasteiger partial charge in [-0.2, -0.15) is 0 Å². The summed E-state index contributed by atoms with van der Waals surface area (Å²) >= 11 is 0. The number of hydrogen-bond acceptors (Lipinski definition) is 4. The van der Waals surface area contributed by atoms with Crippen molar-refractivity contribution in [2.45, 2.75) is 0 Å². The van der Waals surface area contributed by atoms with Gasteiger partial charge in [0.15, 0.2) is 0 Å². The zero-order valence-corrected chi connectivity index (χ0v) is 12.5. The van der Waals surface area contributed by atoms with Crippen molar-refractivity contribution < 1.29 is 9.53 Å². The maximum Gasteiger partial charge on any atom is 0.411 e. The average molecular weight is 308 g/mol. The molecule has 1 amide bonds. The Balaban J connectivity index is 1.99. The largest absolute Gasteiger partial charge is 0.453 e. The summed E-state index contributed by atoms with van der Waals surface area (Å²) in [4.78, 5) is 18.6. The fourth-order valence-corrected chi connectivity index (χ4v) is 2.32. The van der Waals surface area contributed by atoms with Crippen LogP contribution in [0.3, 0.4) is 0 Å². The molecule has 6 heteroatoms. The Morgan fingerprint density at radius 3 is 3.00 bits per heavy atom. The summed E-state index contributed by atoms with van der Waals surface area (Å²) < 4.78 is 4.60. The number of aromatic amines is 1. The Morgan fingerprint density at radius 1 is 1.39 bits per heavy atom. The number of rotatable bonds is 3. The number of benzene rings is 1. The number of aromatic nitrogens is 2. The Bertz CT molecular complexity index is 869. The molecule has 3 aromatic rings. The van der Waals surface area contributed by atoms with Crippen molar-refractivity contribution >= 4 is 34.5 Å². The molecule has 0 radical (unpaired) electrons. The molecule has 0 saturated carbocycles. The van der Waals surface area contributed by atoms with Gasteiger partial charge in [-0.1, -0.05) is 6.07 Å². The van der Waals surface area contributed by atoms with Crippen LogP contribution in [0.25, 0.3) is 22.7 Å². The first-order chi connectivity index (χ1) is 11.2. The van der Waals surface area contributed by atoms with E-state index < -0.39 is 6.09 Å². The molecule has 0 saturated heterocycles. The summed E-state index contributed by atoms with van der Waals surface area (Å²) in [5, 5.41) is 3.56.